The minimum atomic E-state index is -1.37. The Kier molecular flexibility index (Phi) is 8.49. The third-order valence-electron chi connectivity index (χ3n) is 6.44. The summed E-state index contributed by atoms with van der Waals surface area (Å²) in [6.45, 7) is 3.66. The van der Waals surface area contributed by atoms with Gasteiger partial charge in [0.05, 0.1) is 35.6 Å². The number of carboxylic acid groups (broad SMARTS) is 1. The molecule has 4 aromatic rings. The molecule has 1 unspecified atom stereocenters. The predicted octanol–water partition coefficient (Wildman–Crippen LogP) is 4.12. The molecule has 0 aliphatic carbocycles. The van der Waals surface area contributed by atoms with Gasteiger partial charge in [-0.3, -0.25) is 4.79 Å². The van der Waals surface area contributed by atoms with E-state index in [-0.39, 0.29) is 50.6 Å². The van der Waals surface area contributed by atoms with Crippen LogP contribution in [0.15, 0.2) is 41.5 Å². The molecule has 0 aliphatic heterocycles. The number of nitrogens with zero attached hydrogens (tertiary/aromatic N) is 7. The molecule has 0 saturated heterocycles. The fraction of sp³-hybridized carbons (Fsp3) is 0.286. The standard InChI is InChI=1S/C28H28ClFN8O4/c1-14(2)24-21(23(27(40)41)35-38(24)20-12-32-28(36(3)4)34-25(20)42-6)22(15-7-8-16(11-31)18(30)9-15)33-19-10-17(29)13-37(5)26(19)39/h7-10,12-14,22,33H,1-6H3,(H,40,41). The second-order valence-corrected chi connectivity index (χ2v) is 10.3. The lowest BCUT2D eigenvalue weighted by atomic mass is 9.91. The number of nitriles is 1. The van der Waals surface area contributed by atoms with Crippen LogP contribution in [0.2, 0.25) is 5.02 Å². The summed E-state index contributed by atoms with van der Waals surface area (Å²) in [5.74, 6) is -2.04. The van der Waals surface area contributed by atoms with Crippen LogP contribution in [0.1, 0.15) is 58.7 Å². The number of benzene rings is 1. The highest BCUT2D eigenvalue weighted by Crippen LogP contribution is 2.38. The van der Waals surface area contributed by atoms with Gasteiger partial charge < -0.3 is 24.6 Å². The molecule has 0 fully saturated rings. The van der Waals surface area contributed by atoms with Crippen molar-refractivity contribution >= 4 is 29.2 Å². The van der Waals surface area contributed by atoms with Gasteiger partial charge in [-0.25, -0.2) is 18.9 Å². The van der Waals surface area contributed by atoms with E-state index < -0.39 is 23.4 Å². The van der Waals surface area contributed by atoms with Gasteiger partial charge in [0.2, 0.25) is 11.8 Å². The molecule has 14 heteroatoms. The molecule has 0 bridgehead atoms. The third-order valence-corrected chi connectivity index (χ3v) is 6.65. The molecule has 218 valence electrons. The minimum absolute atomic E-state index is 0.0369. The number of aryl methyl sites for hydroxylation is 1. The number of anilines is 2. The number of methoxy groups -OCH3 is 1. The van der Waals surface area contributed by atoms with Crippen LogP contribution in [0.3, 0.4) is 0 Å². The summed E-state index contributed by atoms with van der Waals surface area (Å²) in [6, 6.07) is 5.94. The Hall–Kier alpha value is -4.96. The van der Waals surface area contributed by atoms with E-state index in [1.54, 1.807) is 25.1 Å². The van der Waals surface area contributed by atoms with Gasteiger partial charge in [-0.05, 0) is 29.7 Å². The van der Waals surface area contributed by atoms with Crippen LogP contribution in [-0.4, -0.2) is 56.6 Å². The van der Waals surface area contributed by atoms with Crippen molar-refractivity contribution in [3.63, 3.8) is 0 Å². The minimum Gasteiger partial charge on any atom is -0.479 e. The molecular formula is C28H28ClFN8O4. The first-order valence-corrected chi connectivity index (χ1v) is 13.0. The number of carbonyl (C=O) groups is 1. The maximum Gasteiger partial charge on any atom is 0.356 e. The SMILES string of the molecule is COc1nc(N(C)C)ncc1-n1nc(C(=O)O)c(C(Nc2cc(Cl)cn(C)c2=O)c2ccc(C#N)c(F)c2)c1C(C)C. The van der Waals surface area contributed by atoms with Gasteiger partial charge in [-0.2, -0.15) is 15.3 Å². The van der Waals surface area contributed by atoms with Crippen molar-refractivity contribution in [2.45, 2.75) is 25.8 Å². The van der Waals surface area contributed by atoms with Crippen LogP contribution in [-0.2, 0) is 7.05 Å². The van der Waals surface area contributed by atoms with E-state index in [1.807, 2.05) is 13.8 Å². The van der Waals surface area contributed by atoms with Gasteiger partial charge in [0.1, 0.15) is 23.3 Å². The van der Waals surface area contributed by atoms with Gasteiger partial charge in [-0.1, -0.05) is 31.5 Å². The zero-order chi connectivity index (χ0) is 30.9. The maximum absolute atomic E-state index is 15.0. The van der Waals surface area contributed by atoms with Crippen LogP contribution < -0.4 is 20.5 Å². The van der Waals surface area contributed by atoms with Crippen molar-refractivity contribution in [2.75, 3.05) is 31.4 Å². The Balaban J connectivity index is 2.08. The fourth-order valence-corrected chi connectivity index (χ4v) is 4.80. The zero-order valence-electron chi connectivity index (χ0n) is 23.7. The van der Waals surface area contributed by atoms with Crippen molar-refractivity contribution in [3.8, 4) is 17.6 Å². The molecule has 2 N–H and O–H groups in total. The molecule has 0 amide bonds. The highest BCUT2D eigenvalue weighted by Gasteiger charge is 2.33. The Morgan fingerprint density at radius 1 is 1.29 bits per heavy atom. The molecule has 0 aliphatic rings. The first-order chi connectivity index (χ1) is 19.9. The monoisotopic (exact) mass is 594 g/mol. The molecule has 1 aromatic carbocycles. The van der Waals surface area contributed by atoms with Gasteiger partial charge in [0, 0.05) is 32.9 Å². The summed E-state index contributed by atoms with van der Waals surface area (Å²) in [7, 11) is 6.45. The molecule has 12 nitrogen and oxygen atoms in total. The third kappa shape index (κ3) is 5.61. The van der Waals surface area contributed by atoms with E-state index in [2.05, 4.69) is 20.4 Å². The maximum atomic E-state index is 15.0. The molecule has 4 rings (SSSR count). The van der Waals surface area contributed by atoms with Crippen LogP contribution in [0.25, 0.3) is 5.69 Å². The van der Waals surface area contributed by atoms with Crippen LogP contribution >= 0.6 is 11.6 Å². The van der Waals surface area contributed by atoms with Crippen molar-refractivity contribution < 1.29 is 19.0 Å². The van der Waals surface area contributed by atoms with E-state index in [0.29, 0.717) is 11.6 Å². The summed E-state index contributed by atoms with van der Waals surface area (Å²) >= 11 is 6.24. The van der Waals surface area contributed by atoms with E-state index >= 15 is 0 Å². The van der Waals surface area contributed by atoms with E-state index in [1.165, 1.54) is 54.0 Å². The topological polar surface area (TPSA) is 151 Å². The summed E-state index contributed by atoms with van der Waals surface area (Å²) in [5, 5.41) is 27.4. The predicted molar refractivity (Wildman–Crippen MR) is 154 cm³/mol. The van der Waals surface area contributed by atoms with E-state index in [4.69, 9.17) is 16.3 Å². The number of rotatable bonds is 9. The number of aromatic carboxylic acids is 1. The largest absolute Gasteiger partial charge is 0.479 e. The van der Waals surface area contributed by atoms with E-state index in [0.717, 1.165) is 6.07 Å². The number of pyridine rings is 1. The van der Waals surface area contributed by atoms with Crippen LogP contribution in [0, 0.1) is 17.1 Å². The number of hydrogen-bond donors (Lipinski definition) is 2. The molecule has 3 aromatic heterocycles. The van der Waals surface area contributed by atoms with Gasteiger partial charge in [0.15, 0.2) is 5.69 Å². The number of nitrogens with one attached hydrogen (secondary N) is 1. The van der Waals surface area contributed by atoms with Crippen molar-refractivity contribution in [2.24, 2.45) is 7.05 Å². The van der Waals surface area contributed by atoms with Crippen LogP contribution in [0.5, 0.6) is 5.88 Å². The fourth-order valence-electron chi connectivity index (χ4n) is 4.54. The Morgan fingerprint density at radius 3 is 2.57 bits per heavy atom. The van der Waals surface area contributed by atoms with Gasteiger partial charge >= 0.3 is 5.97 Å². The molecular weight excluding hydrogens is 567 g/mol. The number of aromatic nitrogens is 5. The highest BCUT2D eigenvalue weighted by molar-refractivity contribution is 6.30. The average molecular weight is 595 g/mol. The van der Waals surface area contributed by atoms with Crippen molar-refractivity contribution in [1.29, 1.82) is 5.26 Å². The van der Waals surface area contributed by atoms with Gasteiger partial charge in [-0.15, -0.1) is 0 Å². The molecule has 0 radical (unpaired) electrons. The molecule has 42 heavy (non-hydrogen) atoms. The Labute approximate surface area is 245 Å². The molecule has 1 atom stereocenters. The van der Waals surface area contributed by atoms with Crippen molar-refractivity contribution in [3.05, 3.63) is 85.9 Å². The second kappa shape index (κ2) is 11.9. The van der Waals surface area contributed by atoms with Crippen LogP contribution in [0.4, 0.5) is 16.0 Å². The molecule has 3 heterocycles. The lowest BCUT2D eigenvalue weighted by Gasteiger charge is -2.24. The average Bonchev–Trinajstić information content (AvgIpc) is 3.34. The smallest absolute Gasteiger partial charge is 0.356 e. The normalized spacial score (nSPS) is 11.7. The summed E-state index contributed by atoms with van der Waals surface area (Å²) < 4.78 is 23.1. The Bertz CT molecular complexity index is 1780. The molecule has 0 spiro atoms. The number of carboxylic acids is 1. The lowest BCUT2D eigenvalue weighted by Crippen LogP contribution is -2.25. The number of hydrogen-bond acceptors (Lipinski definition) is 9. The summed E-state index contributed by atoms with van der Waals surface area (Å²) in [5.41, 5.74) is 0.0943. The first kappa shape index (κ1) is 30.0. The Morgan fingerprint density at radius 2 is 2.00 bits per heavy atom. The van der Waals surface area contributed by atoms with Gasteiger partial charge in [0.25, 0.3) is 5.56 Å². The second-order valence-electron chi connectivity index (χ2n) is 9.89. The molecule has 0 saturated carbocycles. The lowest BCUT2D eigenvalue weighted by molar-refractivity contribution is 0.0688. The quantitative estimate of drug-likeness (QED) is 0.289. The first-order valence-electron chi connectivity index (χ1n) is 12.6. The summed E-state index contributed by atoms with van der Waals surface area (Å²) in [6.07, 6.45) is 2.89. The van der Waals surface area contributed by atoms with Crippen molar-refractivity contribution in [1.82, 2.24) is 24.3 Å². The number of halogens is 2. The summed E-state index contributed by atoms with van der Waals surface area (Å²) in [4.78, 5) is 36.2. The zero-order valence-corrected chi connectivity index (χ0v) is 24.4. The van der Waals surface area contributed by atoms with E-state index in [9.17, 15) is 24.3 Å². The highest BCUT2D eigenvalue weighted by atomic mass is 35.5. The number of ether oxygens (including phenoxy) is 1.